The summed E-state index contributed by atoms with van der Waals surface area (Å²) in [6, 6.07) is 0.536. The van der Waals surface area contributed by atoms with Crippen molar-refractivity contribution in [1.29, 1.82) is 0 Å². The van der Waals surface area contributed by atoms with Crippen LogP contribution in [0.1, 0.15) is 51.4 Å². The minimum Gasteiger partial charge on any atom is -0.353 e. The summed E-state index contributed by atoms with van der Waals surface area (Å²) >= 11 is 0. The minimum atomic E-state index is 0.323. The zero-order chi connectivity index (χ0) is 9.60. The van der Waals surface area contributed by atoms with Gasteiger partial charge in [0.2, 0.25) is 5.91 Å². The van der Waals surface area contributed by atoms with Gasteiger partial charge in [0.15, 0.2) is 0 Å². The molecule has 1 saturated heterocycles. The van der Waals surface area contributed by atoms with E-state index in [1.807, 2.05) is 0 Å². The fourth-order valence-electron chi connectivity index (χ4n) is 4.20. The average molecular weight is 193 g/mol. The van der Waals surface area contributed by atoms with Crippen LogP contribution < -0.4 is 5.32 Å². The highest BCUT2D eigenvalue weighted by molar-refractivity contribution is 5.80. The van der Waals surface area contributed by atoms with Crippen LogP contribution in [0.5, 0.6) is 0 Å². The molecular formula is C12H19NO. The van der Waals surface area contributed by atoms with E-state index in [1.54, 1.807) is 0 Å². The highest BCUT2D eigenvalue weighted by atomic mass is 16.2. The Labute approximate surface area is 85.4 Å². The van der Waals surface area contributed by atoms with E-state index >= 15 is 0 Å². The van der Waals surface area contributed by atoms with E-state index in [4.69, 9.17) is 0 Å². The molecule has 3 fully saturated rings. The van der Waals surface area contributed by atoms with Gasteiger partial charge >= 0.3 is 0 Å². The number of hydrogen-bond acceptors (Lipinski definition) is 1. The van der Waals surface area contributed by atoms with Gasteiger partial charge in [-0.1, -0.05) is 19.3 Å². The van der Waals surface area contributed by atoms with E-state index in [0.717, 1.165) is 12.3 Å². The standard InChI is InChI=1S/C12H19NO/c14-11-8-12-7-2-1-4-9(12)5-3-6-10(12)13-11/h9-10H,1-8H2,(H,13,14). The molecule has 2 nitrogen and oxygen atoms in total. The Balaban J connectivity index is 1.93. The molecule has 1 N–H and O–H groups in total. The summed E-state index contributed by atoms with van der Waals surface area (Å²) in [5.41, 5.74) is 0.396. The Morgan fingerprint density at radius 1 is 1.14 bits per heavy atom. The molecular weight excluding hydrogens is 174 g/mol. The van der Waals surface area contributed by atoms with Gasteiger partial charge in [0.1, 0.15) is 0 Å². The third-order valence-electron chi connectivity index (χ3n) is 4.82. The van der Waals surface area contributed by atoms with Crippen molar-refractivity contribution in [2.45, 2.75) is 57.4 Å². The number of amides is 1. The lowest BCUT2D eigenvalue weighted by atomic mass is 9.57. The first kappa shape index (κ1) is 8.75. The molecule has 0 aromatic rings. The maximum Gasteiger partial charge on any atom is 0.220 e. The summed E-state index contributed by atoms with van der Waals surface area (Å²) in [4.78, 5) is 11.5. The molecule has 0 aromatic carbocycles. The largest absolute Gasteiger partial charge is 0.353 e. The van der Waals surface area contributed by atoms with Crippen LogP contribution in [0.4, 0.5) is 0 Å². The first-order chi connectivity index (χ1) is 6.81. The van der Waals surface area contributed by atoms with Crippen LogP contribution in [0.3, 0.4) is 0 Å². The van der Waals surface area contributed by atoms with Gasteiger partial charge in [0.25, 0.3) is 0 Å². The predicted octanol–water partition coefficient (Wildman–Crippen LogP) is 2.24. The Hall–Kier alpha value is -0.530. The highest BCUT2D eigenvalue weighted by Gasteiger charge is 2.53. The lowest BCUT2D eigenvalue weighted by Gasteiger charge is -2.48. The highest BCUT2D eigenvalue weighted by Crippen LogP contribution is 2.54. The first-order valence-corrected chi connectivity index (χ1v) is 6.11. The van der Waals surface area contributed by atoms with Crippen LogP contribution in [0.25, 0.3) is 0 Å². The molecule has 3 rings (SSSR count). The van der Waals surface area contributed by atoms with Crippen molar-refractivity contribution in [3.63, 3.8) is 0 Å². The zero-order valence-electron chi connectivity index (χ0n) is 8.72. The van der Waals surface area contributed by atoms with Crippen molar-refractivity contribution in [3.8, 4) is 0 Å². The van der Waals surface area contributed by atoms with Crippen molar-refractivity contribution < 1.29 is 4.79 Å². The quantitative estimate of drug-likeness (QED) is 0.628. The van der Waals surface area contributed by atoms with Gasteiger partial charge in [-0.3, -0.25) is 4.79 Å². The van der Waals surface area contributed by atoms with Gasteiger partial charge in [0.05, 0.1) is 0 Å². The number of carbonyl (C=O) groups excluding carboxylic acids is 1. The summed E-state index contributed by atoms with van der Waals surface area (Å²) in [7, 11) is 0. The molecule has 0 radical (unpaired) electrons. The molecule has 3 unspecified atom stereocenters. The van der Waals surface area contributed by atoms with E-state index in [9.17, 15) is 4.79 Å². The Kier molecular flexibility index (Phi) is 1.86. The summed E-state index contributed by atoms with van der Waals surface area (Å²) in [6.45, 7) is 0. The third kappa shape index (κ3) is 1.06. The van der Waals surface area contributed by atoms with Gasteiger partial charge in [-0.05, 0) is 31.6 Å². The van der Waals surface area contributed by atoms with Crippen LogP contribution in [0.15, 0.2) is 0 Å². The van der Waals surface area contributed by atoms with E-state index in [0.29, 0.717) is 17.4 Å². The summed E-state index contributed by atoms with van der Waals surface area (Å²) < 4.78 is 0. The van der Waals surface area contributed by atoms with Crippen LogP contribution in [0.2, 0.25) is 0 Å². The van der Waals surface area contributed by atoms with Crippen LogP contribution in [-0.2, 0) is 4.79 Å². The lowest BCUT2D eigenvalue weighted by molar-refractivity contribution is -0.120. The van der Waals surface area contributed by atoms with Gasteiger partial charge in [0, 0.05) is 17.9 Å². The molecule has 14 heavy (non-hydrogen) atoms. The van der Waals surface area contributed by atoms with Crippen molar-refractivity contribution in [2.24, 2.45) is 11.3 Å². The predicted molar refractivity (Wildman–Crippen MR) is 54.8 cm³/mol. The Bertz CT molecular complexity index is 261. The number of nitrogens with one attached hydrogen (secondary N) is 1. The molecule has 1 spiro atoms. The topological polar surface area (TPSA) is 29.1 Å². The average Bonchev–Trinajstić information content (AvgIpc) is 2.51. The van der Waals surface area contributed by atoms with Crippen molar-refractivity contribution >= 4 is 5.91 Å². The maximum atomic E-state index is 11.5. The summed E-state index contributed by atoms with van der Waals surface area (Å²) in [5.74, 6) is 1.18. The SMILES string of the molecule is O=C1CC23CCCCC2CCCC3N1. The monoisotopic (exact) mass is 193 g/mol. The second-order valence-corrected chi connectivity index (χ2v) is 5.40. The second kappa shape index (κ2) is 2.98. The number of carbonyl (C=O) groups is 1. The second-order valence-electron chi connectivity index (χ2n) is 5.40. The molecule has 1 aliphatic heterocycles. The Morgan fingerprint density at radius 2 is 2.00 bits per heavy atom. The molecule has 2 heteroatoms. The van der Waals surface area contributed by atoms with Crippen molar-refractivity contribution in [1.82, 2.24) is 5.32 Å². The van der Waals surface area contributed by atoms with E-state index in [-0.39, 0.29) is 0 Å². The van der Waals surface area contributed by atoms with Crippen molar-refractivity contribution in [3.05, 3.63) is 0 Å². The molecule has 2 saturated carbocycles. The van der Waals surface area contributed by atoms with E-state index in [2.05, 4.69) is 5.32 Å². The molecule has 0 aromatic heterocycles. The molecule has 3 aliphatic rings. The van der Waals surface area contributed by atoms with E-state index in [1.165, 1.54) is 44.9 Å². The molecule has 2 aliphatic carbocycles. The Morgan fingerprint density at radius 3 is 2.93 bits per heavy atom. The normalized spacial score (nSPS) is 46.7. The minimum absolute atomic E-state index is 0.323. The lowest BCUT2D eigenvalue weighted by Crippen LogP contribution is -2.47. The fourth-order valence-corrected chi connectivity index (χ4v) is 4.20. The molecule has 3 atom stereocenters. The van der Waals surface area contributed by atoms with Crippen LogP contribution in [0, 0.1) is 11.3 Å². The maximum absolute atomic E-state index is 11.5. The number of rotatable bonds is 0. The van der Waals surface area contributed by atoms with Crippen molar-refractivity contribution in [2.75, 3.05) is 0 Å². The van der Waals surface area contributed by atoms with Gasteiger partial charge in [-0.25, -0.2) is 0 Å². The van der Waals surface area contributed by atoms with Gasteiger partial charge in [-0.2, -0.15) is 0 Å². The molecule has 0 bridgehead atoms. The number of hydrogen-bond donors (Lipinski definition) is 1. The van der Waals surface area contributed by atoms with Crippen LogP contribution >= 0.6 is 0 Å². The van der Waals surface area contributed by atoms with Gasteiger partial charge < -0.3 is 5.32 Å². The van der Waals surface area contributed by atoms with Gasteiger partial charge in [-0.15, -0.1) is 0 Å². The fraction of sp³-hybridized carbons (Fsp3) is 0.917. The molecule has 78 valence electrons. The van der Waals surface area contributed by atoms with Crippen LogP contribution in [-0.4, -0.2) is 11.9 Å². The molecule has 1 amide bonds. The first-order valence-electron chi connectivity index (χ1n) is 6.11. The molecule has 1 heterocycles. The van der Waals surface area contributed by atoms with E-state index < -0.39 is 0 Å². The summed E-state index contributed by atoms with van der Waals surface area (Å²) in [6.07, 6.45) is 10.2. The summed E-state index contributed by atoms with van der Waals surface area (Å²) in [5, 5.41) is 3.21. The third-order valence-corrected chi connectivity index (χ3v) is 4.82. The smallest absolute Gasteiger partial charge is 0.220 e. The zero-order valence-corrected chi connectivity index (χ0v) is 8.72.